The van der Waals surface area contributed by atoms with Crippen LogP contribution >= 0.6 is 22.7 Å². The van der Waals surface area contributed by atoms with Crippen LogP contribution in [-0.4, -0.2) is 32.9 Å². The van der Waals surface area contributed by atoms with E-state index in [9.17, 15) is 9.59 Å². The van der Waals surface area contributed by atoms with Crippen LogP contribution in [0.2, 0.25) is 0 Å². The number of esters is 1. The van der Waals surface area contributed by atoms with E-state index in [-0.39, 0.29) is 18.2 Å². The molecule has 0 saturated carbocycles. The van der Waals surface area contributed by atoms with Crippen LogP contribution in [-0.2, 0) is 11.3 Å². The summed E-state index contributed by atoms with van der Waals surface area (Å²) in [5.74, 6) is -0.388. The Morgan fingerprint density at radius 2 is 2.19 bits per heavy atom. The van der Waals surface area contributed by atoms with Crippen molar-refractivity contribution in [1.29, 1.82) is 0 Å². The van der Waals surface area contributed by atoms with Gasteiger partial charge in [0.15, 0.2) is 0 Å². The van der Waals surface area contributed by atoms with Crippen molar-refractivity contribution in [3.05, 3.63) is 49.9 Å². The van der Waals surface area contributed by atoms with Gasteiger partial charge in [0, 0.05) is 4.88 Å². The van der Waals surface area contributed by atoms with Gasteiger partial charge in [0.25, 0.3) is 0 Å². The molecule has 21 heavy (non-hydrogen) atoms. The van der Waals surface area contributed by atoms with Gasteiger partial charge in [0.1, 0.15) is 9.88 Å². The number of rotatable bonds is 4. The van der Waals surface area contributed by atoms with Gasteiger partial charge in [0.05, 0.1) is 13.7 Å². The SMILES string of the molecule is COC(=O)c1ccc(Cn2nnn(-c3cccs3)c2=O)s1. The van der Waals surface area contributed by atoms with E-state index in [2.05, 4.69) is 15.2 Å². The second kappa shape index (κ2) is 5.62. The first-order valence-corrected chi connectivity index (χ1v) is 7.62. The fourth-order valence-corrected chi connectivity index (χ4v) is 3.30. The highest BCUT2D eigenvalue weighted by atomic mass is 32.1. The molecule has 0 aliphatic carbocycles. The lowest BCUT2D eigenvalue weighted by atomic mass is 10.4. The van der Waals surface area contributed by atoms with Gasteiger partial charge in [-0.1, -0.05) is 0 Å². The molecule has 108 valence electrons. The van der Waals surface area contributed by atoms with E-state index in [1.54, 1.807) is 18.2 Å². The summed E-state index contributed by atoms with van der Waals surface area (Å²) in [5.41, 5.74) is -0.314. The number of thiophene rings is 2. The van der Waals surface area contributed by atoms with Crippen molar-refractivity contribution in [2.75, 3.05) is 7.11 Å². The minimum absolute atomic E-state index is 0.270. The Morgan fingerprint density at radius 1 is 1.33 bits per heavy atom. The van der Waals surface area contributed by atoms with Crippen molar-refractivity contribution in [3.8, 4) is 5.00 Å². The molecule has 0 fully saturated rings. The summed E-state index contributed by atoms with van der Waals surface area (Å²) in [4.78, 5) is 24.9. The molecule has 0 saturated heterocycles. The zero-order valence-corrected chi connectivity index (χ0v) is 12.6. The number of hydrogen-bond donors (Lipinski definition) is 0. The number of ether oxygens (including phenoxy) is 1. The summed E-state index contributed by atoms with van der Waals surface area (Å²) in [7, 11) is 1.33. The van der Waals surface area contributed by atoms with E-state index >= 15 is 0 Å². The third-order valence-electron chi connectivity index (χ3n) is 2.71. The number of nitrogens with zero attached hydrogens (tertiary/aromatic N) is 4. The summed E-state index contributed by atoms with van der Waals surface area (Å²) in [5, 5.41) is 10.3. The molecular weight excluding hydrogens is 312 g/mol. The molecule has 3 aromatic heterocycles. The molecule has 9 heteroatoms. The van der Waals surface area contributed by atoms with Gasteiger partial charge in [-0.25, -0.2) is 9.59 Å². The van der Waals surface area contributed by atoms with Crippen LogP contribution in [0.3, 0.4) is 0 Å². The predicted octanol–water partition coefficient (Wildman–Crippen LogP) is 1.39. The summed E-state index contributed by atoms with van der Waals surface area (Å²) in [6.07, 6.45) is 0. The van der Waals surface area contributed by atoms with Crippen LogP contribution in [0.25, 0.3) is 5.00 Å². The Kier molecular flexibility index (Phi) is 3.67. The lowest BCUT2D eigenvalue weighted by Gasteiger charge is -1.95. The van der Waals surface area contributed by atoms with Crippen LogP contribution in [0.5, 0.6) is 0 Å². The van der Waals surface area contributed by atoms with E-state index in [1.807, 2.05) is 11.4 Å². The molecule has 0 amide bonds. The minimum atomic E-state index is -0.388. The van der Waals surface area contributed by atoms with Crippen molar-refractivity contribution in [3.63, 3.8) is 0 Å². The first-order chi connectivity index (χ1) is 10.2. The molecule has 7 nitrogen and oxygen atoms in total. The fourth-order valence-electron chi connectivity index (χ4n) is 1.72. The van der Waals surface area contributed by atoms with Crippen LogP contribution in [0.4, 0.5) is 0 Å². The first kappa shape index (κ1) is 13.7. The second-order valence-electron chi connectivity index (χ2n) is 4.04. The van der Waals surface area contributed by atoms with Gasteiger partial charge in [0.2, 0.25) is 0 Å². The highest BCUT2D eigenvalue weighted by Crippen LogP contribution is 2.18. The van der Waals surface area contributed by atoms with Crippen LogP contribution in [0, 0.1) is 0 Å². The van der Waals surface area contributed by atoms with Crippen molar-refractivity contribution < 1.29 is 9.53 Å². The number of carbonyl (C=O) groups excluding carboxylic acids is 1. The van der Waals surface area contributed by atoms with Gasteiger partial charge in [-0.05, 0) is 40.1 Å². The molecule has 3 aromatic rings. The van der Waals surface area contributed by atoms with Crippen LogP contribution in [0.1, 0.15) is 14.5 Å². The molecule has 0 radical (unpaired) electrons. The average Bonchev–Trinajstić information content (AvgIpc) is 3.21. The Morgan fingerprint density at radius 3 is 2.90 bits per heavy atom. The summed E-state index contributed by atoms with van der Waals surface area (Å²) in [6.45, 7) is 0.270. The molecule has 0 bridgehead atoms. The van der Waals surface area contributed by atoms with Crippen LogP contribution in [0.15, 0.2) is 34.4 Å². The Hall–Kier alpha value is -2.26. The lowest BCUT2D eigenvalue weighted by molar-refractivity contribution is 0.0606. The number of methoxy groups -OCH3 is 1. The minimum Gasteiger partial charge on any atom is -0.465 e. The fraction of sp³-hybridized carbons (Fsp3) is 0.167. The molecule has 0 N–H and O–H groups in total. The third-order valence-corrected chi connectivity index (χ3v) is 4.60. The van der Waals surface area contributed by atoms with Gasteiger partial charge >= 0.3 is 11.7 Å². The standard InChI is InChI=1S/C12H10N4O3S2/c1-19-11(17)9-5-4-8(21-9)7-15-12(18)16(14-13-15)10-3-2-6-20-10/h2-6H,7H2,1H3. The monoisotopic (exact) mass is 322 g/mol. The third kappa shape index (κ3) is 2.65. The zero-order valence-electron chi connectivity index (χ0n) is 10.9. The maximum absolute atomic E-state index is 12.2. The van der Waals surface area contributed by atoms with E-state index in [0.717, 1.165) is 4.88 Å². The number of hydrogen-bond acceptors (Lipinski definition) is 7. The zero-order chi connectivity index (χ0) is 14.8. The molecule has 0 unspecified atom stereocenters. The quantitative estimate of drug-likeness (QED) is 0.678. The average molecular weight is 322 g/mol. The number of tetrazole rings is 1. The first-order valence-electron chi connectivity index (χ1n) is 5.93. The Labute approximate surface area is 127 Å². The van der Waals surface area contributed by atoms with E-state index in [1.165, 1.54) is 39.1 Å². The summed E-state index contributed by atoms with van der Waals surface area (Å²) >= 11 is 2.68. The highest BCUT2D eigenvalue weighted by molar-refractivity contribution is 7.14. The van der Waals surface area contributed by atoms with Crippen molar-refractivity contribution in [2.24, 2.45) is 0 Å². The normalized spacial score (nSPS) is 10.7. The maximum atomic E-state index is 12.2. The van der Waals surface area contributed by atoms with Gasteiger partial charge in [-0.3, -0.25) is 0 Å². The van der Waals surface area contributed by atoms with Gasteiger partial charge in [-0.15, -0.1) is 22.7 Å². The van der Waals surface area contributed by atoms with Gasteiger partial charge in [-0.2, -0.15) is 9.36 Å². The molecule has 0 aromatic carbocycles. The Bertz CT molecular complexity index is 816. The highest BCUT2D eigenvalue weighted by Gasteiger charge is 2.13. The number of carbonyl (C=O) groups is 1. The van der Waals surface area contributed by atoms with Crippen molar-refractivity contribution >= 4 is 28.6 Å². The van der Waals surface area contributed by atoms with E-state index in [0.29, 0.717) is 9.88 Å². The van der Waals surface area contributed by atoms with Crippen LogP contribution < -0.4 is 5.69 Å². The van der Waals surface area contributed by atoms with Gasteiger partial charge < -0.3 is 4.74 Å². The number of aromatic nitrogens is 4. The second-order valence-corrected chi connectivity index (χ2v) is 6.13. The molecule has 0 spiro atoms. The van der Waals surface area contributed by atoms with E-state index in [4.69, 9.17) is 0 Å². The lowest BCUT2D eigenvalue weighted by Crippen LogP contribution is -2.23. The smallest absolute Gasteiger partial charge is 0.369 e. The topological polar surface area (TPSA) is 79.0 Å². The molecule has 3 rings (SSSR count). The summed E-state index contributed by atoms with van der Waals surface area (Å²) < 4.78 is 7.15. The molecule has 0 aliphatic heterocycles. The summed E-state index contributed by atoms with van der Waals surface area (Å²) in [6, 6.07) is 7.08. The molecule has 0 atom stereocenters. The van der Waals surface area contributed by atoms with Crippen molar-refractivity contribution in [1.82, 2.24) is 19.8 Å². The Balaban J connectivity index is 1.84. The maximum Gasteiger partial charge on any atom is 0.369 e. The molecule has 3 heterocycles. The largest absolute Gasteiger partial charge is 0.465 e. The molecular formula is C12H10N4O3S2. The van der Waals surface area contributed by atoms with Crippen molar-refractivity contribution in [2.45, 2.75) is 6.54 Å². The molecule has 0 aliphatic rings. The predicted molar refractivity (Wildman–Crippen MR) is 78.3 cm³/mol. The van der Waals surface area contributed by atoms with E-state index < -0.39 is 0 Å².